The van der Waals surface area contributed by atoms with E-state index >= 15 is 0 Å². The van der Waals surface area contributed by atoms with Gasteiger partial charge < -0.3 is 11.1 Å². The fraction of sp³-hybridized carbons (Fsp3) is 0.889. The van der Waals surface area contributed by atoms with Crippen molar-refractivity contribution in [2.45, 2.75) is 32.2 Å². The van der Waals surface area contributed by atoms with Gasteiger partial charge in [0.1, 0.15) is 0 Å². The Hall–Kier alpha value is -0.220. The lowest BCUT2D eigenvalue weighted by Gasteiger charge is -2.25. The summed E-state index contributed by atoms with van der Waals surface area (Å²) in [5.41, 5.74) is 4.75. The second-order valence-electron chi connectivity index (χ2n) is 3.25. The van der Waals surface area contributed by atoms with Gasteiger partial charge in [0, 0.05) is 0 Å². The number of hydrogen-bond acceptors (Lipinski definition) is 3. The molecule has 78 valence electrons. The van der Waals surface area contributed by atoms with Crippen molar-refractivity contribution < 1.29 is 4.79 Å². The summed E-state index contributed by atoms with van der Waals surface area (Å²) in [6, 6.07) is 0. The Morgan fingerprint density at radius 3 is 2.62 bits per heavy atom. The number of nitrogens with one attached hydrogen (secondary N) is 1. The minimum Gasteiger partial charge on any atom is -0.368 e. The first-order valence-corrected chi connectivity index (χ1v) is 5.79. The van der Waals surface area contributed by atoms with Crippen LogP contribution in [0.1, 0.15) is 26.7 Å². The molecule has 0 heterocycles. The smallest absolute Gasteiger partial charge is 0.237 e. The van der Waals surface area contributed by atoms with E-state index < -0.39 is 5.54 Å². The number of primary amides is 1. The van der Waals surface area contributed by atoms with Crippen LogP contribution in [0.15, 0.2) is 0 Å². The number of thioether (sulfide) groups is 1. The van der Waals surface area contributed by atoms with Crippen molar-refractivity contribution in [3.05, 3.63) is 0 Å². The van der Waals surface area contributed by atoms with E-state index in [1.165, 1.54) is 0 Å². The molecule has 13 heavy (non-hydrogen) atoms. The van der Waals surface area contributed by atoms with Crippen LogP contribution in [0, 0.1) is 0 Å². The zero-order chi connectivity index (χ0) is 10.3. The van der Waals surface area contributed by atoms with E-state index in [0.29, 0.717) is 0 Å². The van der Waals surface area contributed by atoms with Gasteiger partial charge in [-0.05, 0) is 38.3 Å². The van der Waals surface area contributed by atoms with Gasteiger partial charge in [-0.3, -0.25) is 4.79 Å². The van der Waals surface area contributed by atoms with Crippen LogP contribution in [-0.4, -0.2) is 30.0 Å². The van der Waals surface area contributed by atoms with E-state index in [2.05, 4.69) is 12.2 Å². The number of carbonyl (C=O) groups excluding carboxylic acids is 1. The Morgan fingerprint density at radius 2 is 2.23 bits per heavy atom. The van der Waals surface area contributed by atoms with Crippen LogP contribution in [-0.2, 0) is 4.79 Å². The summed E-state index contributed by atoms with van der Waals surface area (Å²) in [7, 11) is 1.78. The summed E-state index contributed by atoms with van der Waals surface area (Å²) in [5, 5.41) is 2.97. The first-order chi connectivity index (χ1) is 6.06. The largest absolute Gasteiger partial charge is 0.368 e. The summed E-state index contributed by atoms with van der Waals surface area (Å²) in [5.74, 6) is 1.96. The zero-order valence-electron chi connectivity index (χ0n) is 8.72. The highest BCUT2D eigenvalue weighted by Gasteiger charge is 2.27. The Morgan fingerprint density at radius 1 is 1.62 bits per heavy atom. The molecule has 0 aliphatic rings. The molecule has 1 atom stereocenters. The molecule has 0 aromatic rings. The number of hydrogen-bond donors (Lipinski definition) is 2. The average molecular weight is 204 g/mol. The van der Waals surface area contributed by atoms with Gasteiger partial charge in [0.2, 0.25) is 5.91 Å². The zero-order valence-corrected chi connectivity index (χ0v) is 9.54. The van der Waals surface area contributed by atoms with E-state index in [-0.39, 0.29) is 5.91 Å². The molecule has 0 aromatic carbocycles. The molecular weight excluding hydrogens is 184 g/mol. The fourth-order valence-electron chi connectivity index (χ4n) is 1.04. The van der Waals surface area contributed by atoms with Crippen LogP contribution in [0.4, 0.5) is 0 Å². The van der Waals surface area contributed by atoms with Gasteiger partial charge in [0.25, 0.3) is 0 Å². The van der Waals surface area contributed by atoms with Crippen LogP contribution in [0.5, 0.6) is 0 Å². The molecule has 0 bridgehead atoms. The lowest BCUT2D eigenvalue weighted by molar-refractivity contribution is -0.123. The van der Waals surface area contributed by atoms with Crippen molar-refractivity contribution in [1.29, 1.82) is 0 Å². The number of nitrogens with two attached hydrogens (primary N) is 1. The standard InChI is InChI=1S/C9H20N2OS/c1-4-13-7-5-6-9(2,11-3)8(10)12/h11H,4-7H2,1-3H3,(H2,10,12). The molecule has 1 unspecified atom stereocenters. The SMILES string of the molecule is CCSCCCC(C)(NC)C(N)=O. The van der Waals surface area contributed by atoms with Crippen molar-refractivity contribution in [1.82, 2.24) is 5.32 Å². The molecule has 0 rings (SSSR count). The molecule has 3 N–H and O–H groups in total. The first-order valence-electron chi connectivity index (χ1n) is 4.63. The molecule has 1 amide bonds. The molecular formula is C9H20N2OS. The van der Waals surface area contributed by atoms with Crippen molar-refractivity contribution in [2.75, 3.05) is 18.6 Å². The number of rotatable bonds is 7. The average Bonchev–Trinajstić information content (AvgIpc) is 2.12. The molecule has 0 radical (unpaired) electrons. The van der Waals surface area contributed by atoms with E-state index in [1.54, 1.807) is 7.05 Å². The molecule has 0 aliphatic carbocycles. The third-order valence-corrected chi connectivity index (χ3v) is 3.25. The lowest BCUT2D eigenvalue weighted by atomic mass is 9.96. The normalized spacial score (nSPS) is 15.3. The summed E-state index contributed by atoms with van der Waals surface area (Å²) in [4.78, 5) is 11.1. The minimum absolute atomic E-state index is 0.267. The van der Waals surface area contributed by atoms with E-state index in [4.69, 9.17) is 5.73 Å². The van der Waals surface area contributed by atoms with Gasteiger partial charge >= 0.3 is 0 Å². The topological polar surface area (TPSA) is 55.1 Å². The summed E-state index contributed by atoms with van der Waals surface area (Å²) >= 11 is 1.89. The van der Waals surface area contributed by atoms with Crippen LogP contribution in [0.25, 0.3) is 0 Å². The summed E-state index contributed by atoms with van der Waals surface area (Å²) in [6.07, 6.45) is 1.84. The van der Waals surface area contributed by atoms with Crippen molar-refractivity contribution in [3.63, 3.8) is 0 Å². The van der Waals surface area contributed by atoms with Crippen LogP contribution in [0.3, 0.4) is 0 Å². The van der Waals surface area contributed by atoms with Gasteiger partial charge in [0.15, 0.2) is 0 Å². The third-order valence-electron chi connectivity index (χ3n) is 2.27. The highest BCUT2D eigenvalue weighted by atomic mass is 32.2. The quantitative estimate of drug-likeness (QED) is 0.608. The van der Waals surface area contributed by atoms with Crippen LogP contribution in [0.2, 0.25) is 0 Å². The summed E-state index contributed by atoms with van der Waals surface area (Å²) in [6.45, 7) is 3.99. The predicted octanol–water partition coefficient (Wildman–Crippen LogP) is 0.983. The maximum Gasteiger partial charge on any atom is 0.237 e. The number of likely N-dealkylation sites (N-methyl/N-ethyl adjacent to an activating group) is 1. The van der Waals surface area contributed by atoms with E-state index in [9.17, 15) is 4.79 Å². The molecule has 0 saturated heterocycles. The van der Waals surface area contributed by atoms with Gasteiger partial charge in [-0.25, -0.2) is 0 Å². The Balaban J connectivity index is 3.78. The maximum absolute atomic E-state index is 11.1. The fourth-order valence-corrected chi connectivity index (χ4v) is 1.68. The first kappa shape index (κ1) is 12.8. The van der Waals surface area contributed by atoms with Gasteiger partial charge in [0.05, 0.1) is 5.54 Å². The molecule has 0 fully saturated rings. The lowest BCUT2D eigenvalue weighted by Crippen LogP contribution is -2.51. The third kappa shape index (κ3) is 4.52. The number of amides is 1. The van der Waals surface area contributed by atoms with Gasteiger partial charge in [-0.15, -0.1) is 0 Å². The molecule has 0 spiro atoms. The molecule has 0 aliphatic heterocycles. The molecule has 0 aromatic heterocycles. The van der Waals surface area contributed by atoms with Gasteiger partial charge in [-0.1, -0.05) is 6.92 Å². The van der Waals surface area contributed by atoms with Crippen LogP contribution >= 0.6 is 11.8 Å². The number of carbonyl (C=O) groups is 1. The second-order valence-corrected chi connectivity index (χ2v) is 4.64. The predicted molar refractivity (Wildman–Crippen MR) is 58.9 cm³/mol. The van der Waals surface area contributed by atoms with E-state index in [1.807, 2.05) is 18.7 Å². The Labute approximate surface area is 84.8 Å². The van der Waals surface area contributed by atoms with Crippen molar-refractivity contribution >= 4 is 17.7 Å². The minimum atomic E-state index is -0.533. The highest BCUT2D eigenvalue weighted by molar-refractivity contribution is 7.99. The summed E-state index contributed by atoms with van der Waals surface area (Å²) < 4.78 is 0. The molecule has 4 heteroatoms. The molecule has 3 nitrogen and oxygen atoms in total. The Bertz CT molecular complexity index is 164. The van der Waals surface area contributed by atoms with Gasteiger partial charge in [-0.2, -0.15) is 11.8 Å². The Kier molecular flexibility index (Phi) is 6.16. The van der Waals surface area contributed by atoms with Crippen molar-refractivity contribution in [2.24, 2.45) is 5.73 Å². The van der Waals surface area contributed by atoms with Crippen LogP contribution < -0.4 is 11.1 Å². The van der Waals surface area contributed by atoms with Crippen molar-refractivity contribution in [3.8, 4) is 0 Å². The molecule has 0 saturated carbocycles. The maximum atomic E-state index is 11.1. The highest BCUT2D eigenvalue weighted by Crippen LogP contribution is 2.13. The van der Waals surface area contributed by atoms with E-state index in [0.717, 1.165) is 24.3 Å². The second kappa shape index (κ2) is 6.27. The monoisotopic (exact) mass is 204 g/mol.